The first-order valence-electron chi connectivity index (χ1n) is 8.89. The summed E-state index contributed by atoms with van der Waals surface area (Å²) in [6.07, 6.45) is -0.931. The van der Waals surface area contributed by atoms with Gasteiger partial charge in [0, 0.05) is 5.56 Å². The molecule has 3 rings (SSSR count). The molecule has 0 fully saturated rings. The highest BCUT2D eigenvalue weighted by molar-refractivity contribution is 5.84. The third kappa shape index (κ3) is 3.72. The Bertz CT molecular complexity index is 1030. The summed E-state index contributed by atoms with van der Waals surface area (Å²) in [6, 6.07) is 12.8. The normalized spacial score (nSPS) is 12.0. The molecule has 0 saturated carbocycles. The fourth-order valence-corrected chi connectivity index (χ4v) is 2.80. The maximum absolute atomic E-state index is 13.2. The van der Waals surface area contributed by atoms with E-state index in [4.69, 9.17) is 13.9 Å². The van der Waals surface area contributed by atoms with Crippen molar-refractivity contribution in [2.45, 2.75) is 33.8 Å². The summed E-state index contributed by atoms with van der Waals surface area (Å²) in [5, 5.41) is 0.420. The quantitative estimate of drug-likeness (QED) is 0.626. The highest BCUT2D eigenvalue weighted by atomic mass is 16.6. The van der Waals surface area contributed by atoms with Gasteiger partial charge < -0.3 is 13.9 Å². The number of rotatable bonds is 5. The van der Waals surface area contributed by atoms with Crippen LogP contribution in [0.25, 0.3) is 22.3 Å². The number of hydrogen-bond acceptors (Lipinski definition) is 5. The van der Waals surface area contributed by atoms with Crippen LogP contribution >= 0.6 is 0 Å². The van der Waals surface area contributed by atoms with Crippen molar-refractivity contribution in [2.24, 2.45) is 0 Å². The lowest BCUT2D eigenvalue weighted by Crippen LogP contribution is -2.28. The van der Waals surface area contributed by atoms with Gasteiger partial charge >= 0.3 is 5.97 Å². The minimum atomic E-state index is -0.931. The molecule has 0 aliphatic heterocycles. The number of benzene rings is 2. The van der Waals surface area contributed by atoms with Crippen LogP contribution in [0.1, 0.15) is 25.0 Å². The molecule has 140 valence electrons. The zero-order valence-corrected chi connectivity index (χ0v) is 15.9. The van der Waals surface area contributed by atoms with Crippen LogP contribution in [0.2, 0.25) is 0 Å². The van der Waals surface area contributed by atoms with E-state index in [9.17, 15) is 9.59 Å². The molecule has 1 aromatic heterocycles. The average Bonchev–Trinajstić information content (AvgIpc) is 2.66. The topological polar surface area (TPSA) is 65.7 Å². The summed E-state index contributed by atoms with van der Waals surface area (Å²) < 4.78 is 16.8. The third-order valence-corrected chi connectivity index (χ3v) is 4.41. The Balaban J connectivity index is 2.22. The van der Waals surface area contributed by atoms with E-state index in [2.05, 4.69) is 0 Å². The van der Waals surface area contributed by atoms with Gasteiger partial charge in [-0.3, -0.25) is 4.79 Å². The van der Waals surface area contributed by atoms with E-state index in [0.717, 1.165) is 11.1 Å². The summed E-state index contributed by atoms with van der Waals surface area (Å²) in [5.41, 5.74) is 2.87. The summed E-state index contributed by atoms with van der Waals surface area (Å²) >= 11 is 0. The van der Waals surface area contributed by atoms with Crippen LogP contribution in [0.5, 0.6) is 5.75 Å². The Kier molecular flexibility index (Phi) is 5.31. The molecule has 0 bridgehead atoms. The number of aryl methyl sites for hydroxylation is 2. The Morgan fingerprint density at radius 3 is 2.44 bits per heavy atom. The van der Waals surface area contributed by atoms with Crippen molar-refractivity contribution in [1.82, 2.24) is 0 Å². The molecule has 0 aliphatic rings. The number of carbonyl (C=O) groups is 1. The van der Waals surface area contributed by atoms with Crippen molar-refractivity contribution in [2.75, 3.05) is 6.61 Å². The second-order valence-electron chi connectivity index (χ2n) is 6.40. The molecule has 0 spiro atoms. The van der Waals surface area contributed by atoms with Crippen LogP contribution in [0, 0.1) is 13.8 Å². The first-order valence-corrected chi connectivity index (χ1v) is 8.89. The Morgan fingerprint density at radius 2 is 1.78 bits per heavy atom. The zero-order chi connectivity index (χ0) is 19.6. The van der Waals surface area contributed by atoms with E-state index in [0.29, 0.717) is 22.3 Å². The predicted octanol–water partition coefficient (Wildman–Crippen LogP) is 4.41. The monoisotopic (exact) mass is 366 g/mol. The SMILES string of the molecule is CCOC(=O)C(C)Oc1c(-c2ccccc2)oc2cc(C)c(C)cc2c1=O. The van der Waals surface area contributed by atoms with Crippen molar-refractivity contribution >= 4 is 16.9 Å². The first-order chi connectivity index (χ1) is 12.9. The molecule has 0 N–H and O–H groups in total. The van der Waals surface area contributed by atoms with Crippen molar-refractivity contribution in [3.8, 4) is 17.1 Å². The molecule has 1 unspecified atom stereocenters. The van der Waals surface area contributed by atoms with Crippen LogP contribution < -0.4 is 10.2 Å². The number of hydrogen-bond donors (Lipinski definition) is 0. The van der Waals surface area contributed by atoms with Gasteiger partial charge in [-0.15, -0.1) is 0 Å². The van der Waals surface area contributed by atoms with E-state index >= 15 is 0 Å². The Morgan fingerprint density at radius 1 is 1.11 bits per heavy atom. The molecule has 0 aliphatic carbocycles. The molecule has 27 heavy (non-hydrogen) atoms. The van der Waals surface area contributed by atoms with E-state index in [1.54, 1.807) is 19.9 Å². The lowest BCUT2D eigenvalue weighted by atomic mass is 10.0. The highest BCUT2D eigenvalue weighted by Gasteiger charge is 2.23. The molecule has 5 nitrogen and oxygen atoms in total. The standard InChI is InChI=1S/C22H22O5/c1-5-25-22(24)15(4)26-21-19(23)17-11-13(2)14(3)12-18(17)27-20(21)16-9-7-6-8-10-16/h6-12,15H,5H2,1-4H3. The highest BCUT2D eigenvalue weighted by Crippen LogP contribution is 2.32. The lowest BCUT2D eigenvalue weighted by molar-refractivity contribution is -0.150. The fraction of sp³-hybridized carbons (Fsp3) is 0.273. The van der Waals surface area contributed by atoms with Crippen LogP contribution in [-0.2, 0) is 9.53 Å². The predicted molar refractivity (Wildman–Crippen MR) is 104 cm³/mol. The summed E-state index contributed by atoms with van der Waals surface area (Å²) in [7, 11) is 0. The number of esters is 1. The molecular formula is C22H22O5. The van der Waals surface area contributed by atoms with Crippen LogP contribution in [0.3, 0.4) is 0 Å². The van der Waals surface area contributed by atoms with E-state index in [1.807, 2.05) is 50.2 Å². The molecule has 0 amide bonds. The number of fused-ring (bicyclic) bond motifs is 1. The van der Waals surface area contributed by atoms with Crippen LogP contribution in [-0.4, -0.2) is 18.7 Å². The van der Waals surface area contributed by atoms with Gasteiger partial charge in [-0.1, -0.05) is 30.3 Å². The van der Waals surface area contributed by atoms with Crippen LogP contribution in [0.15, 0.2) is 51.7 Å². The minimum absolute atomic E-state index is 0.0116. The molecule has 2 aromatic carbocycles. The maximum Gasteiger partial charge on any atom is 0.347 e. The Labute approximate surface area is 157 Å². The van der Waals surface area contributed by atoms with Crippen molar-refractivity contribution in [3.05, 3.63) is 63.8 Å². The maximum atomic E-state index is 13.2. The van der Waals surface area contributed by atoms with E-state index < -0.39 is 12.1 Å². The first kappa shape index (κ1) is 18.7. The zero-order valence-electron chi connectivity index (χ0n) is 15.9. The summed E-state index contributed by atoms with van der Waals surface area (Å²) in [4.78, 5) is 25.2. The number of carbonyl (C=O) groups excluding carboxylic acids is 1. The molecule has 1 atom stereocenters. The number of ether oxygens (including phenoxy) is 2. The van der Waals surface area contributed by atoms with Gasteiger partial charge in [0.1, 0.15) is 5.58 Å². The van der Waals surface area contributed by atoms with Crippen molar-refractivity contribution in [3.63, 3.8) is 0 Å². The molecule has 3 aromatic rings. The van der Waals surface area contributed by atoms with Gasteiger partial charge in [0.25, 0.3) is 0 Å². The van der Waals surface area contributed by atoms with Gasteiger partial charge in [0.15, 0.2) is 11.9 Å². The largest absolute Gasteiger partial charge is 0.471 e. The second-order valence-corrected chi connectivity index (χ2v) is 6.40. The van der Waals surface area contributed by atoms with Crippen LogP contribution in [0.4, 0.5) is 0 Å². The second kappa shape index (κ2) is 7.66. The fourth-order valence-electron chi connectivity index (χ4n) is 2.80. The van der Waals surface area contributed by atoms with Gasteiger partial charge in [-0.2, -0.15) is 0 Å². The van der Waals surface area contributed by atoms with Gasteiger partial charge in [0.2, 0.25) is 11.2 Å². The smallest absolute Gasteiger partial charge is 0.347 e. The molecular weight excluding hydrogens is 344 g/mol. The van der Waals surface area contributed by atoms with Gasteiger partial charge in [-0.25, -0.2) is 4.79 Å². The summed E-state index contributed by atoms with van der Waals surface area (Å²) in [5.74, 6) is -0.221. The average molecular weight is 366 g/mol. The molecule has 0 saturated heterocycles. The lowest BCUT2D eigenvalue weighted by Gasteiger charge is -2.16. The summed E-state index contributed by atoms with van der Waals surface area (Å²) in [6.45, 7) is 7.40. The molecule has 1 heterocycles. The van der Waals surface area contributed by atoms with Crippen molar-refractivity contribution < 1.29 is 18.7 Å². The van der Waals surface area contributed by atoms with Crippen molar-refractivity contribution in [1.29, 1.82) is 0 Å². The molecule has 5 heteroatoms. The van der Waals surface area contributed by atoms with E-state index in [1.165, 1.54) is 0 Å². The minimum Gasteiger partial charge on any atom is -0.471 e. The Hall–Kier alpha value is -3.08. The third-order valence-electron chi connectivity index (χ3n) is 4.41. The van der Waals surface area contributed by atoms with Gasteiger partial charge in [-0.05, 0) is 51.0 Å². The van der Waals surface area contributed by atoms with Gasteiger partial charge in [0.05, 0.1) is 12.0 Å². The van der Waals surface area contributed by atoms with E-state index in [-0.39, 0.29) is 17.8 Å². The molecule has 0 radical (unpaired) electrons.